The zero-order chi connectivity index (χ0) is 19.4. The number of rotatable bonds is 6. The predicted octanol–water partition coefficient (Wildman–Crippen LogP) is 4.51. The highest BCUT2D eigenvalue weighted by Crippen LogP contribution is 2.19. The van der Waals surface area contributed by atoms with E-state index >= 15 is 0 Å². The highest BCUT2D eigenvalue weighted by molar-refractivity contribution is 6.30. The number of anilines is 1. The molecule has 1 aromatic carbocycles. The number of ether oxygens (including phenoxy) is 1. The molecule has 2 aromatic heterocycles. The van der Waals surface area contributed by atoms with Crippen LogP contribution in [0.2, 0.25) is 5.02 Å². The molecule has 7 heteroatoms. The van der Waals surface area contributed by atoms with E-state index in [2.05, 4.69) is 10.3 Å². The summed E-state index contributed by atoms with van der Waals surface area (Å²) in [6.45, 7) is 4.17. The lowest BCUT2D eigenvalue weighted by atomic mass is 10.2. The SMILES string of the molecule is CCCCOC(=O)c1cccc(NC(=O)c2c(C)nc3cc(Cl)ccn23)c1. The van der Waals surface area contributed by atoms with Gasteiger partial charge in [-0.3, -0.25) is 9.20 Å². The first-order valence-electron chi connectivity index (χ1n) is 8.72. The highest BCUT2D eigenvalue weighted by Gasteiger charge is 2.17. The van der Waals surface area contributed by atoms with Gasteiger partial charge in [-0.25, -0.2) is 9.78 Å². The van der Waals surface area contributed by atoms with Gasteiger partial charge in [-0.05, 0) is 37.6 Å². The van der Waals surface area contributed by atoms with Gasteiger partial charge in [0.25, 0.3) is 5.91 Å². The molecule has 0 saturated heterocycles. The molecule has 0 fully saturated rings. The molecule has 27 heavy (non-hydrogen) atoms. The average molecular weight is 386 g/mol. The number of hydrogen-bond donors (Lipinski definition) is 1. The molecule has 3 aromatic rings. The Hall–Kier alpha value is -2.86. The van der Waals surface area contributed by atoms with Crippen molar-refractivity contribution < 1.29 is 14.3 Å². The van der Waals surface area contributed by atoms with E-state index < -0.39 is 5.97 Å². The average Bonchev–Trinajstić information content (AvgIpc) is 2.96. The van der Waals surface area contributed by atoms with Crippen molar-refractivity contribution in [1.29, 1.82) is 0 Å². The third-order valence-electron chi connectivity index (χ3n) is 4.06. The van der Waals surface area contributed by atoms with Crippen LogP contribution < -0.4 is 5.32 Å². The number of halogens is 1. The first-order valence-corrected chi connectivity index (χ1v) is 9.10. The zero-order valence-electron chi connectivity index (χ0n) is 15.2. The normalized spacial score (nSPS) is 10.8. The molecular formula is C20H20ClN3O3. The van der Waals surface area contributed by atoms with E-state index in [-0.39, 0.29) is 5.91 Å². The molecule has 0 unspecified atom stereocenters. The Kier molecular flexibility index (Phi) is 5.76. The van der Waals surface area contributed by atoms with E-state index in [0.717, 1.165) is 12.8 Å². The van der Waals surface area contributed by atoms with Crippen molar-refractivity contribution in [2.75, 3.05) is 11.9 Å². The summed E-state index contributed by atoms with van der Waals surface area (Å²) in [6.07, 6.45) is 3.47. The summed E-state index contributed by atoms with van der Waals surface area (Å²) in [6, 6.07) is 10.1. The molecule has 0 spiro atoms. The van der Waals surface area contributed by atoms with Gasteiger partial charge in [0.2, 0.25) is 0 Å². The lowest BCUT2D eigenvalue weighted by Gasteiger charge is -2.08. The standard InChI is InChI=1S/C20H20ClN3O3/c1-3-4-10-27-20(26)14-6-5-7-16(11-14)23-19(25)18-13(2)22-17-12-15(21)8-9-24(17)18/h5-9,11-12H,3-4,10H2,1-2H3,(H,23,25). The van der Waals surface area contributed by atoms with Gasteiger partial charge in [0.15, 0.2) is 0 Å². The minimum Gasteiger partial charge on any atom is -0.462 e. The second kappa shape index (κ2) is 8.22. The summed E-state index contributed by atoms with van der Waals surface area (Å²) >= 11 is 5.98. The number of carbonyl (C=O) groups is 2. The van der Waals surface area contributed by atoms with E-state index in [1.165, 1.54) is 0 Å². The number of esters is 1. The van der Waals surface area contributed by atoms with E-state index in [9.17, 15) is 9.59 Å². The minimum atomic E-state index is -0.403. The largest absolute Gasteiger partial charge is 0.462 e. The van der Waals surface area contributed by atoms with Gasteiger partial charge in [-0.1, -0.05) is 31.0 Å². The Bertz CT molecular complexity index is 997. The van der Waals surface area contributed by atoms with Crippen LogP contribution in [0.5, 0.6) is 0 Å². The maximum Gasteiger partial charge on any atom is 0.338 e. The van der Waals surface area contributed by atoms with Gasteiger partial charge < -0.3 is 10.1 Å². The van der Waals surface area contributed by atoms with E-state index in [0.29, 0.717) is 39.9 Å². The van der Waals surface area contributed by atoms with Crippen LogP contribution in [-0.4, -0.2) is 27.9 Å². The van der Waals surface area contributed by atoms with Crippen LogP contribution >= 0.6 is 11.6 Å². The van der Waals surface area contributed by atoms with Gasteiger partial charge >= 0.3 is 5.97 Å². The van der Waals surface area contributed by atoms with Gasteiger partial charge in [0, 0.05) is 23.0 Å². The fourth-order valence-corrected chi connectivity index (χ4v) is 2.87. The monoisotopic (exact) mass is 385 g/mol. The van der Waals surface area contributed by atoms with Crippen LogP contribution in [0.15, 0.2) is 42.6 Å². The van der Waals surface area contributed by atoms with Crippen LogP contribution in [-0.2, 0) is 4.74 Å². The number of benzene rings is 1. The Morgan fingerprint density at radius 2 is 2.07 bits per heavy atom. The molecule has 0 bridgehead atoms. The smallest absolute Gasteiger partial charge is 0.338 e. The summed E-state index contributed by atoms with van der Waals surface area (Å²) in [7, 11) is 0. The molecular weight excluding hydrogens is 366 g/mol. The first kappa shape index (κ1) is 18.9. The maximum absolute atomic E-state index is 12.8. The molecule has 3 rings (SSSR count). The Morgan fingerprint density at radius 3 is 2.85 bits per heavy atom. The van der Waals surface area contributed by atoms with Gasteiger partial charge in [-0.2, -0.15) is 0 Å². The van der Waals surface area contributed by atoms with Crippen LogP contribution in [0, 0.1) is 6.92 Å². The number of hydrogen-bond acceptors (Lipinski definition) is 4. The molecule has 0 saturated carbocycles. The van der Waals surface area contributed by atoms with Crippen molar-refractivity contribution in [3.05, 3.63) is 64.6 Å². The molecule has 0 aliphatic heterocycles. The fraction of sp³-hybridized carbons (Fsp3) is 0.250. The van der Waals surface area contributed by atoms with Gasteiger partial charge in [0.05, 0.1) is 17.9 Å². The maximum atomic E-state index is 12.8. The molecule has 0 radical (unpaired) electrons. The van der Waals surface area contributed by atoms with Crippen molar-refractivity contribution in [2.45, 2.75) is 26.7 Å². The van der Waals surface area contributed by atoms with Crippen molar-refractivity contribution in [2.24, 2.45) is 0 Å². The number of imidazole rings is 1. The third-order valence-corrected chi connectivity index (χ3v) is 4.30. The number of aromatic nitrogens is 2. The molecule has 1 amide bonds. The molecule has 6 nitrogen and oxygen atoms in total. The molecule has 0 aliphatic carbocycles. The highest BCUT2D eigenvalue weighted by atomic mass is 35.5. The van der Waals surface area contributed by atoms with Gasteiger partial charge in [0.1, 0.15) is 11.3 Å². The molecule has 0 aliphatic rings. The number of fused-ring (bicyclic) bond motifs is 1. The number of nitrogens with one attached hydrogen (secondary N) is 1. The fourth-order valence-electron chi connectivity index (χ4n) is 2.72. The van der Waals surface area contributed by atoms with Crippen molar-refractivity contribution in [1.82, 2.24) is 9.38 Å². The number of carbonyl (C=O) groups excluding carboxylic acids is 2. The second-order valence-corrected chi connectivity index (χ2v) is 6.58. The Morgan fingerprint density at radius 1 is 1.26 bits per heavy atom. The quantitative estimate of drug-likeness (QED) is 0.500. The van der Waals surface area contributed by atoms with E-state index in [1.807, 2.05) is 6.92 Å². The number of aryl methyl sites for hydroxylation is 1. The molecule has 1 N–H and O–H groups in total. The Balaban J connectivity index is 1.80. The van der Waals surface area contributed by atoms with Crippen molar-refractivity contribution >= 4 is 34.8 Å². The summed E-state index contributed by atoms with van der Waals surface area (Å²) in [4.78, 5) is 29.2. The topological polar surface area (TPSA) is 72.7 Å². The van der Waals surface area contributed by atoms with Crippen LogP contribution in [0.25, 0.3) is 5.65 Å². The van der Waals surface area contributed by atoms with Crippen molar-refractivity contribution in [3.63, 3.8) is 0 Å². The molecule has 140 valence electrons. The predicted molar refractivity (Wildman–Crippen MR) is 105 cm³/mol. The third kappa shape index (κ3) is 4.28. The lowest BCUT2D eigenvalue weighted by molar-refractivity contribution is 0.0499. The van der Waals surface area contributed by atoms with Crippen LogP contribution in [0.3, 0.4) is 0 Å². The molecule has 0 atom stereocenters. The lowest BCUT2D eigenvalue weighted by Crippen LogP contribution is -2.16. The van der Waals surface area contributed by atoms with Gasteiger partial charge in [-0.15, -0.1) is 0 Å². The second-order valence-electron chi connectivity index (χ2n) is 6.14. The number of amides is 1. The number of unbranched alkanes of at least 4 members (excludes halogenated alkanes) is 1. The summed E-state index contributed by atoms with van der Waals surface area (Å²) < 4.78 is 6.89. The van der Waals surface area contributed by atoms with Crippen LogP contribution in [0.1, 0.15) is 46.3 Å². The minimum absolute atomic E-state index is 0.321. The number of nitrogens with zero attached hydrogens (tertiary/aromatic N) is 2. The summed E-state index contributed by atoms with van der Waals surface area (Å²) in [5, 5.41) is 3.36. The van der Waals surface area contributed by atoms with Crippen molar-refractivity contribution in [3.8, 4) is 0 Å². The van der Waals surface area contributed by atoms with E-state index in [4.69, 9.17) is 16.3 Å². The summed E-state index contributed by atoms with van der Waals surface area (Å²) in [5.74, 6) is -0.723. The first-order chi connectivity index (χ1) is 13.0. The zero-order valence-corrected chi connectivity index (χ0v) is 15.9. The number of pyridine rings is 1. The molecule has 2 heterocycles. The van der Waals surface area contributed by atoms with Crippen LogP contribution in [0.4, 0.5) is 5.69 Å². The summed E-state index contributed by atoms with van der Waals surface area (Å²) in [5.41, 5.74) is 2.50. The Labute approximate surface area is 162 Å². The van der Waals surface area contributed by atoms with E-state index in [1.54, 1.807) is 53.9 Å².